The van der Waals surface area contributed by atoms with Gasteiger partial charge in [-0.05, 0) is 61.4 Å². The molecule has 1 amide bonds. The van der Waals surface area contributed by atoms with Gasteiger partial charge in [0.05, 0.1) is 18.8 Å². The summed E-state index contributed by atoms with van der Waals surface area (Å²) < 4.78 is 26.8. The Morgan fingerprint density at radius 3 is 2.50 bits per heavy atom. The number of hydrogen-bond acceptors (Lipinski definition) is 6. The number of halogens is 1. The van der Waals surface area contributed by atoms with E-state index in [1.807, 2.05) is 29.2 Å². The molecule has 1 unspecified atom stereocenters. The molecule has 0 spiro atoms. The standard InChI is InChI=1S/C27H29FN4O4/c28-20-7-5-19(6-8-20)26(33)24-3-1-2-4-25(24)27(34)31-13-14-35-23(15-31)16-36-22-11-9-21(10-12-22)32-18-29-17-30-32/h5-12,17-18,23-25H,1-4,13-16H2/t23?,24-,25-/m1/s1. The van der Waals surface area contributed by atoms with Crippen LogP contribution in [0.25, 0.3) is 5.69 Å². The van der Waals surface area contributed by atoms with Gasteiger partial charge in [-0.15, -0.1) is 0 Å². The van der Waals surface area contributed by atoms with E-state index in [4.69, 9.17) is 9.47 Å². The molecular weight excluding hydrogens is 463 g/mol. The smallest absolute Gasteiger partial charge is 0.226 e. The second-order valence-corrected chi connectivity index (χ2v) is 9.29. The number of nitrogens with zero attached hydrogens (tertiary/aromatic N) is 4. The summed E-state index contributed by atoms with van der Waals surface area (Å²) >= 11 is 0. The van der Waals surface area contributed by atoms with Crippen molar-refractivity contribution < 1.29 is 23.5 Å². The van der Waals surface area contributed by atoms with Crippen LogP contribution in [0.5, 0.6) is 5.75 Å². The lowest BCUT2D eigenvalue weighted by molar-refractivity contribution is -0.146. The fourth-order valence-electron chi connectivity index (χ4n) is 5.05. The predicted octanol–water partition coefficient (Wildman–Crippen LogP) is 3.70. The maximum absolute atomic E-state index is 13.5. The van der Waals surface area contributed by atoms with E-state index in [2.05, 4.69) is 10.1 Å². The minimum Gasteiger partial charge on any atom is -0.491 e. The number of rotatable bonds is 7. The maximum atomic E-state index is 13.5. The second-order valence-electron chi connectivity index (χ2n) is 9.29. The number of ketones is 1. The van der Waals surface area contributed by atoms with Gasteiger partial charge in [0.1, 0.15) is 36.9 Å². The lowest BCUT2D eigenvalue weighted by atomic mass is 9.74. The summed E-state index contributed by atoms with van der Waals surface area (Å²) in [6.45, 7) is 1.66. The summed E-state index contributed by atoms with van der Waals surface area (Å²) in [7, 11) is 0. The fraction of sp³-hybridized carbons (Fsp3) is 0.407. The zero-order valence-electron chi connectivity index (χ0n) is 20.0. The summed E-state index contributed by atoms with van der Waals surface area (Å²) in [6, 6.07) is 13.1. The molecule has 1 aliphatic carbocycles. The van der Waals surface area contributed by atoms with Crippen LogP contribution in [0, 0.1) is 17.7 Å². The molecular formula is C27H29FN4O4. The van der Waals surface area contributed by atoms with E-state index in [9.17, 15) is 14.0 Å². The van der Waals surface area contributed by atoms with Gasteiger partial charge >= 0.3 is 0 Å². The third-order valence-electron chi connectivity index (χ3n) is 6.96. The number of amides is 1. The second kappa shape index (κ2) is 11.0. The molecule has 2 aliphatic rings. The van der Waals surface area contributed by atoms with Crippen molar-refractivity contribution >= 4 is 11.7 Å². The Morgan fingerprint density at radius 1 is 1.03 bits per heavy atom. The van der Waals surface area contributed by atoms with Crippen molar-refractivity contribution in [3.05, 3.63) is 72.6 Å². The highest BCUT2D eigenvalue weighted by Crippen LogP contribution is 2.34. The summed E-state index contributed by atoms with van der Waals surface area (Å²) in [6.07, 6.45) is 6.05. The summed E-state index contributed by atoms with van der Waals surface area (Å²) in [5, 5.41) is 4.11. The molecule has 1 saturated heterocycles. The predicted molar refractivity (Wildman–Crippen MR) is 129 cm³/mol. The Kier molecular flexibility index (Phi) is 7.36. The molecule has 3 aromatic rings. The molecule has 2 heterocycles. The van der Waals surface area contributed by atoms with E-state index in [0.717, 1.165) is 18.5 Å². The molecule has 8 nitrogen and oxygen atoms in total. The van der Waals surface area contributed by atoms with E-state index in [0.29, 0.717) is 50.5 Å². The summed E-state index contributed by atoms with van der Waals surface area (Å²) in [4.78, 5) is 32.5. The lowest BCUT2D eigenvalue weighted by Gasteiger charge is -2.38. The first-order chi connectivity index (χ1) is 17.6. The average molecular weight is 493 g/mol. The monoisotopic (exact) mass is 492 g/mol. The van der Waals surface area contributed by atoms with Gasteiger partial charge in [0.15, 0.2) is 5.78 Å². The molecule has 0 bridgehead atoms. The third kappa shape index (κ3) is 5.46. The summed E-state index contributed by atoms with van der Waals surface area (Å²) in [5.41, 5.74) is 1.34. The fourth-order valence-corrected chi connectivity index (χ4v) is 5.05. The minimum atomic E-state index is -0.379. The number of ether oxygens (including phenoxy) is 2. The van der Waals surface area contributed by atoms with E-state index in [1.165, 1.54) is 30.6 Å². The molecule has 1 aromatic heterocycles. The largest absolute Gasteiger partial charge is 0.491 e. The molecule has 3 atom stereocenters. The SMILES string of the molecule is O=C(c1ccc(F)cc1)[C@@H]1CCCC[C@H]1C(=O)N1CCOC(COc2ccc(-n3cncn3)cc2)C1. The molecule has 5 rings (SSSR count). The Bertz CT molecular complexity index is 1170. The first-order valence-electron chi connectivity index (χ1n) is 12.4. The number of carbonyl (C=O) groups is 2. The normalized spacial score (nSPS) is 22.2. The van der Waals surface area contributed by atoms with E-state index < -0.39 is 0 Å². The van der Waals surface area contributed by atoms with Crippen LogP contribution in [0.2, 0.25) is 0 Å². The molecule has 0 radical (unpaired) electrons. The number of morpholine rings is 1. The van der Waals surface area contributed by atoms with Crippen molar-refractivity contribution in [1.82, 2.24) is 19.7 Å². The maximum Gasteiger partial charge on any atom is 0.226 e. The van der Waals surface area contributed by atoms with Gasteiger partial charge in [-0.1, -0.05) is 12.8 Å². The van der Waals surface area contributed by atoms with Crippen LogP contribution < -0.4 is 4.74 Å². The Morgan fingerprint density at radius 2 is 1.78 bits per heavy atom. The zero-order chi connectivity index (χ0) is 24.9. The minimum absolute atomic E-state index is 0.000599. The van der Waals surface area contributed by atoms with Crippen LogP contribution in [0.1, 0.15) is 36.0 Å². The number of aromatic nitrogens is 3. The molecule has 2 aromatic carbocycles. The van der Waals surface area contributed by atoms with Crippen molar-refractivity contribution in [2.75, 3.05) is 26.3 Å². The molecule has 36 heavy (non-hydrogen) atoms. The van der Waals surface area contributed by atoms with Crippen molar-refractivity contribution in [1.29, 1.82) is 0 Å². The molecule has 1 saturated carbocycles. The van der Waals surface area contributed by atoms with Crippen molar-refractivity contribution in [3.8, 4) is 11.4 Å². The first kappa shape index (κ1) is 24.1. The van der Waals surface area contributed by atoms with Crippen LogP contribution in [0.3, 0.4) is 0 Å². The number of hydrogen-bond donors (Lipinski definition) is 0. The van der Waals surface area contributed by atoms with Crippen molar-refractivity contribution in [3.63, 3.8) is 0 Å². The van der Waals surface area contributed by atoms with Gasteiger partial charge < -0.3 is 14.4 Å². The van der Waals surface area contributed by atoms with Crippen molar-refractivity contribution in [2.45, 2.75) is 31.8 Å². The molecule has 188 valence electrons. The van der Waals surface area contributed by atoms with E-state index in [-0.39, 0.29) is 35.4 Å². The van der Waals surface area contributed by atoms with Crippen LogP contribution in [-0.2, 0) is 9.53 Å². The van der Waals surface area contributed by atoms with Gasteiger partial charge in [0.25, 0.3) is 0 Å². The number of Topliss-reactive ketones (excluding diaryl/α,β-unsaturated/α-hetero) is 1. The third-order valence-corrected chi connectivity index (χ3v) is 6.96. The average Bonchev–Trinajstić information content (AvgIpc) is 3.47. The highest BCUT2D eigenvalue weighted by molar-refractivity contribution is 6.00. The molecule has 9 heteroatoms. The first-order valence-corrected chi connectivity index (χ1v) is 12.4. The van der Waals surface area contributed by atoms with Crippen LogP contribution in [-0.4, -0.2) is 63.8 Å². The Balaban J connectivity index is 1.19. The topological polar surface area (TPSA) is 86.5 Å². The van der Waals surface area contributed by atoms with Gasteiger partial charge in [-0.3, -0.25) is 9.59 Å². The van der Waals surface area contributed by atoms with E-state index >= 15 is 0 Å². The number of benzene rings is 2. The Labute approximate surface area is 209 Å². The molecule has 2 fully saturated rings. The van der Waals surface area contributed by atoms with Crippen LogP contribution >= 0.6 is 0 Å². The molecule has 1 aliphatic heterocycles. The quantitative estimate of drug-likeness (QED) is 0.468. The highest BCUT2D eigenvalue weighted by Gasteiger charge is 2.39. The Hall–Kier alpha value is -3.59. The van der Waals surface area contributed by atoms with Gasteiger partial charge in [0.2, 0.25) is 5.91 Å². The van der Waals surface area contributed by atoms with Crippen LogP contribution in [0.15, 0.2) is 61.2 Å². The van der Waals surface area contributed by atoms with Gasteiger partial charge in [-0.2, -0.15) is 5.10 Å². The number of carbonyl (C=O) groups excluding carboxylic acids is 2. The van der Waals surface area contributed by atoms with Gasteiger partial charge in [-0.25, -0.2) is 14.1 Å². The van der Waals surface area contributed by atoms with Crippen molar-refractivity contribution in [2.24, 2.45) is 11.8 Å². The highest BCUT2D eigenvalue weighted by atomic mass is 19.1. The van der Waals surface area contributed by atoms with Gasteiger partial charge in [0, 0.05) is 23.9 Å². The lowest BCUT2D eigenvalue weighted by Crippen LogP contribution is -2.51. The zero-order valence-corrected chi connectivity index (χ0v) is 20.0. The van der Waals surface area contributed by atoms with Crippen LogP contribution in [0.4, 0.5) is 4.39 Å². The van der Waals surface area contributed by atoms with E-state index in [1.54, 1.807) is 11.0 Å². The summed E-state index contributed by atoms with van der Waals surface area (Å²) in [5.74, 6) is -0.493. The molecule has 0 N–H and O–H groups in total.